The first-order valence-corrected chi connectivity index (χ1v) is 8.87. The number of carbonyl (C=O) groups is 2. The molecule has 2 rings (SSSR count). The maximum atomic E-state index is 12.5. The van der Waals surface area contributed by atoms with E-state index in [1.165, 1.54) is 0 Å². The summed E-state index contributed by atoms with van der Waals surface area (Å²) < 4.78 is 0. The van der Waals surface area contributed by atoms with Crippen molar-refractivity contribution < 1.29 is 14.7 Å². The van der Waals surface area contributed by atoms with Crippen LogP contribution in [0.4, 0.5) is 0 Å². The van der Waals surface area contributed by atoms with Crippen molar-refractivity contribution in [2.24, 2.45) is 5.92 Å². The SMILES string of the molecule is CC(C)CNC(=O)C(C)(C)c1ccc(-c2cc(CO)ccc2C=O)cc1. The molecule has 0 radical (unpaired) electrons. The average Bonchev–Trinajstić information content (AvgIpc) is 2.65. The lowest BCUT2D eigenvalue weighted by Crippen LogP contribution is -2.41. The minimum absolute atomic E-state index is 0.00481. The summed E-state index contributed by atoms with van der Waals surface area (Å²) in [6, 6.07) is 12.9. The first kappa shape index (κ1) is 19.9. The monoisotopic (exact) mass is 353 g/mol. The zero-order valence-electron chi connectivity index (χ0n) is 15.9. The highest BCUT2D eigenvalue weighted by molar-refractivity contribution is 5.89. The minimum atomic E-state index is -0.645. The van der Waals surface area contributed by atoms with Crippen molar-refractivity contribution in [3.05, 3.63) is 59.2 Å². The van der Waals surface area contributed by atoms with Crippen LogP contribution in [0.2, 0.25) is 0 Å². The molecule has 138 valence electrons. The van der Waals surface area contributed by atoms with Crippen molar-refractivity contribution in [1.29, 1.82) is 0 Å². The Morgan fingerprint density at radius 2 is 1.81 bits per heavy atom. The molecule has 2 aromatic carbocycles. The van der Waals surface area contributed by atoms with E-state index >= 15 is 0 Å². The van der Waals surface area contributed by atoms with E-state index in [1.54, 1.807) is 12.1 Å². The van der Waals surface area contributed by atoms with Gasteiger partial charge in [0, 0.05) is 12.1 Å². The first-order chi connectivity index (χ1) is 12.3. The Hall–Kier alpha value is -2.46. The second-order valence-electron chi connectivity index (χ2n) is 7.50. The lowest BCUT2D eigenvalue weighted by Gasteiger charge is -2.25. The van der Waals surface area contributed by atoms with Crippen molar-refractivity contribution in [3.8, 4) is 11.1 Å². The van der Waals surface area contributed by atoms with Gasteiger partial charge < -0.3 is 10.4 Å². The molecular formula is C22H27NO3. The molecule has 0 aromatic heterocycles. The van der Waals surface area contributed by atoms with Crippen LogP contribution in [-0.2, 0) is 16.8 Å². The molecule has 0 spiro atoms. The van der Waals surface area contributed by atoms with Gasteiger partial charge in [-0.2, -0.15) is 0 Å². The van der Waals surface area contributed by atoms with Crippen molar-refractivity contribution in [2.45, 2.75) is 39.7 Å². The van der Waals surface area contributed by atoms with Crippen LogP contribution in [0.3, 0.4) is 0 Å². The normalized spacial score (nSPS) is 11.5. The number of amides is 1. The quantitative estimate of drug-likeness (QED) is 0.746. The van der Waals surface area contributed by atoms with Gasteiger partial charge in [-0.25, -0.2) is 0 Å². The maximum absolute atomic E-state index is 12.5. The Bertz CT molecular complexity index is 776. The second kappa shape index (κ2) is 8.28. The molecule has 0 bridgehead atoms. The summed E-state index contributed by atoms with van der Waals surface area (Å²) in [4.78, 5) is 23.9. The van der Waals surface area contributed by atoms with Crippen LogP contribution in [0.25, 0.3) is 11.1 Å². The molecule has 26 heavy (non-hydrogen) atoms. The van der Waals surface area contributed by atoms with Crippen LogP contribution < -0.4 is 5.32 Å². The van der Waals surface area contributed by atoms with Crippen LogP contribution in [0.15, 0.2) is 42.5 Å². The Balaban J connectivity index is 2.30. The molecule has 1 amide bonds. The smallest absolute Gasteiger partial charge is 0.230 e. The molecule has 0 saturated carbocycles. The summed E-state index contributed by atoms with van der Waals surface area (Å²) in [6.07, 6.45) is 0.813. The Morgan fingerprint density at radius 1 is 1.15 bits per heavy atom. The number of rotatable bonds is 7. The molecule has 0 aliphatic heterocycles. The highest BCUT2D eigenvalue weighted by atomic mass is 16.3. The molecule has 4 heteroatoms. The summed E-state index contributed by atoms with van der Waals surface area (Å²) in [5, 5.41) is 12.3. The topological polar surface area (TPSA) is 66.4 Å². The van der Waals surface area contributed by atoms with E-state index in [9.17, 15) is 14.7 Å². The Morgan fingerprint density at radius 3 is 2.35 bits per heavy atom. The lowest BCUT2D eigenvalue weighted by molar-refractivity contribution is -0.125. The van der Waals surface area contributed by atoms with Crippen LogP contribution in [0.5, 0.6) is 0 Å². The number of carbonyl (C=O) groups excluding carboxylic acids is 2. The number of hydrogen-bond donors (Lipinski definition) is 2. The standard InChI is InChI=1S/C22H27NO3/c1-15(2)12-23-21(26)22(3,4)19-9-7-17(8-10-19)20-11-16(13-24)5-6-18(20)14-25/h5-11,14-15,24H,12-13H2,1-4H3,(H,23,26). The maximum Gasteiger partial charge on any atom is 0.230 e. The van der Waals surface area contributed by atoms with Gasteiger partial charge in [-0.15, -0.1) is 0 Å². The van der Waals surface area contributed by atoms with Gasteiger partial charge in [0.05, 0.1) is 12.0 Å². The number of benzene rings is 2. The molecular weight excluding hydrogens is 326 g/mol. The van der Waals surface area contributed by atoms with Gasteiger partial charge in [0.1, 0.15) is 0 Å². The van der Waals surface area contributed by atoms with Crippen molar-refractivity contribution >= 4 is 12.2 Å². The number of nitrogens with one attached hydrogen (secondary N) is 1. The van der Waals surface area contributed by atoms with Crippen LogP contribution in [-0.4, -0.2) is 23.8 Å². The van der Waals surface area contributed by atoms with Gasteiger partial charge in [0.2, 0.25) is 5.91 Å². The zero-order chi connectivity index (χ0) is 19.3. The molecule has 0 heterocycles. The van der Waals surface area contributed by atoms with Gasteiger partial charge in [-0.3, -0.25) is 9.59 Å². The fourth-order valence-corrected chi connectivity index (χ4v) is 2.77. The molecule has 0 unspecified atom stereocenters. The van der Waals surface area contributed by atoms with Crippen LogP contribution >= 0.6 is 0 Å². The van der Waals surface area contributed by atoms with Crippen LogP contribution in [0.1, 0.15) is 49.2 Å². The predicted molar refractivity (Wildman–Crippen MR) is 104 cm³/mol. The lowest BCUT2D eigenvalue weighted by atomic mass is 9.82. The molecule has 0 atom stereocenters. The number of aliphatic hydroxyl groups is 1. The summed E-state index contributed by atoms with van der Waals surface area (Å²) >= 11 is 0. The third-order valence-corrected chi connectivity index (χ3v) is 4.58. The molecule has 4 nitrogen and oxygen atoms in total. The van der Waals surface area contributed by atoms with E-state index in [0.717, 1.165) is 28.5 Å². The number of aldehydes is 1. The molecule has 2 N–H and O–H groups in total. The summed E-state index contributed by atoms with van der Waals surface area (Å²) in [6.45, 7) is 8.51. The Labute approximate surface area is 155 Å². The van der Waals surface area contributed by atoms with E-state index in [2.05, 4.69) is 19.2 Å². The molecule has 0 saturated heterocycles. The van der Waals surface area contributed by atoms with Crippen LogP contribution in [0, 0.1) is 5.92 Å². The molecule has 0 fully saturated rings. The van der Waals surface area contributed by atoms with Gasteiger partial charge >= 0.3 is 0 Å². The average molecular weight is 353 g/mol. The van der Waals surface area contributed by atoms with Crippen molar-refractivity contribution in [3.63, 3.8) is 0 Å². The first-order valence-electron chi connectivity index (χ1n) is 8.87. The fourth-order valence-electron chi connectivity index (χ4n) is 2.77. The molecule has 0 aliphatic rings. The van der Waals surface area contributed by atoms with Gasteiger partial charge in [0.15, 0.2) is 6.29 Å². The minimum Gasteiger partial charge on any atom is -0.392 e. The molecule has 0 aliphatic carbocycles. The van der Waals surface area contributed by atoms with Crippen molar-refractivity contribution in [1.82, 2.24) is 5.32 Å². The third-order valence-electron chi connectivity index (χ3n) is 4.58. The van der Waals surface area contributed by atoms with E-state index in [4.69, 9.17) is 0 Å². The second-order valence-corrected chi connectivity index (χ2v) is 7.50. The summed E-state index contributed by atoms with van der Waals surface area (Å²) in [5.74, 6) is 0.396. The van der Waals surface area contributed by atoms with E-state index in [0.29, 0.717) is 18.0 Å². The predicted octanol–water partition coefficient (Wildman–Crippen LogP) is 3.71. The number of hydrogen-bond acceptors (Lipinski definition) is 3. The number of aliphatic hydroxyl groups excluding tert-OH is 1. The largest absolute Gasteiger partial charge is 0.392 e. The third kappa shape index (κ3) is 4.38. The highest BCUT2D eigenvalue weighted by Gasteiger charge is 2.29. The Kier molecular flexibility index (Phi) is 6.32. The summed E-state index contributed by atoms with van der Waals surface area (Å²) in [5.41, 5.74) is 3.25. The fraction of sp³-hybridized carbons (Fsp3) is 0.364. The van der Waals surface area contributed by atoms with Gasteiger partial charge in [-0.05, 0) is 48.1 Å². The zero-order valence-corrected chi connectivity index (χ0v) is 15.9. The molecule has 2 aromatic rings. The summed E-state index contributed by atoms with van der Waals surface area (Å²) in [7, 11) is 0. The highest BCUT2D eigenvalue weighted by Crippen LogP contribution is 2.29. The van der Waals surface area contributed by atoms with Crippen molar-refractivity contribution in [2.75, 3.05) is 6.54 Å². The van der Waals surface area contributed by atoms with E-state index in [1.807, 2.05) is 44.2 Å². The van der Waals surface area contributed by atoms with Gasteiger partial charge in [-0.1, -0.05) is 50.2 Å². The van der Waals surface area contributed by atoms with Gasteiger partial charge in [0.25, 0.3) is 0 Å². The van der Waals surface area contributed by atoms with E-state index < -0.39 is 5.41 Å². The van der Waals surface area contributed by atoms with E-state index in [-0.39, 0.29) is 12.5 Å².